The molecule has 3 heteroatoms. The quantitative estimate of drug-likeness (QED) is 0.682. The Hall–Kier alpha value is -0.120. The highest BCUT2D eigenvalue weighted by molar-refractivity contribution is 4.99. The molecule has 5 aliphatic rings. The predicted molar refractivity (Wildman–Crippen MR) is 69.6 cm³/mol. The molecular weight excluding hydrogens is 240 g/mol. The lowest BCUT2D eigenvalue weighted by atomic mass is 9.80. The zero-order chi connectivity index (χ0) is 12.4. The van der Waals surface area contributed by atoms with Gasteiger partial charge in [-0.2, -0.15) is 0 Å². The highest BCUT2D eigenvalue weighted by Crippen LogP contribution is 2.54. The average molecular weight is 264 g/mol. The van der Waals surface area contributed by atoms with Crippen molar-refractivity contribution in [3.63, 3.8) is 0 Å². The SMILES string of the molecule is C1CC2CC2CC1C1COC2(CCC3OC3C2)OC1. The van der Waals surface area contributed by atoms with Gasteiger partial charge in [-0.1, -0.05) is 0 Å². The second-order valence-corrected chi connectivity index (χ2v) is 7.58. The fourth-order valence-electron chi connectivity index (χ4n) is 4.84. The molecule has 0 N–H and O–H groups in total. The normalized spacial score (nSPS) is 59.4. The number of hydrogen-bond donors (Lipinski definition) is 0. The van der Waals surface area contributed by atoms with E-state index in [1.807, 2.05) is 0 Å². The molecule has 5 fully saturated rings. The third kappa shape index (κ3) is 1.97. The number of rotatable bonds is 1. The van der Waals surface area contributed by atoms with Crippen LogP contribution in [0.4, 0.5) is 0 Å². The molecule has 5 unspecified atom stereocenters. The van der Waals surface area contributed by atoms with Crippen LogP contribution < -0.4 is 0 Å². The highest BCUT2D eigenvalue weighted by atomic mass is 16.7. The summed E-state index contributed by atoms with van der Waals surface area (Å²) in [6.07, 6.45) is 9.94. The van der Waals surface area contributed by atoms with E-state index in [0.717, 1.165) is 50.2 Å². The predicted octanol–water partition coefficient (Wildman–Crippen LogP) is 2.73. The number of ether oxygens (including phenoxy) is 3. The molecule has 0 aromatic carbocycles. The average Bonchev–Trinajstić information content (AvgIpc) is 3.33. The van der Waals surface area contributed by atoms with Crippen LogP contribution in [0, 0.1) is 23.7 Å². The van der Waals surface area contributed by atoms with Crippen molar-refractivity contribution in [1.82, 2.24) is 0 Å². The van der Waals surface area contributed by atoms with Gasteiger partial charge in [0.15, 0.2) is 5.79 Å². The van der Waals surface area contributed by atoms with Crippen molar-refractivity contribution in [2.75, 3.05) is 13.2 Å². The van der Waals surface area contributed by atoms with E-state index in [1.54, 1.807) is 0 Å². The molecule has 5 atom stereocenters. The first-order valence-electron chi connectivity index (χ1n) is 8.25. The van der Waals surface area contributed by atoms with E-state index < -0.39 is 0 Å². The van der Waals surface area contributed by atoms with Crippen LogP contribution in [0.15, 0.2) is 0 Å². The monoisotopic (exact) mass is 264 g/mol. The number of fused-ring (bicyclic) bond motifs is 2. The van der Waals surface area contributed by atoms with E-state index in [9.17, 15) is 0 Å². The smallest absolute Gasteiger partial charge is 0.170 e. The molecule has 0 aromatic heterocycles. The molecule has 2 saturated heterocycles. The van der Waals surface area contributed by atoms with Crippen molar-refractivity contribution >= 4 is 0 Å². The van der Waals surface area contributed by atoms with Gasteiger partial charge in [0.25, 0.3) is 0 Å². The summed E-state index contributed by atoms with van der Waals surface area (Å²) in [6.45, 7) is 1.86. The van der Waals surface area contributed by atoms with Crippen LogP contribution in [0.2, 0.25) is 0 Å². The summed E-state index contributed by atoms with van der Waals surface area (Å²) in [5.41, 5.74) is 0. The maximum Gasteiger partial charge on any atom is 0.170 e. The Morgan fingerprint density at radius 3 is 2.16 bits per heavy atom. The standard InChI is InChI=1S/C16H24O3/c1-2-11(6-12-5-10(1)12)13-8-17-16(18-9-13)4-3-14-15(7-16)19-14/h10-15H,1-9H2. The largest absolute Gasteiger partial charge is 0.369 e. The van der Waals surface area contributed by atoms with Crippen molar-refractivity contribution < 1.29 is 14.2 Å². The molecule has 0 radical (unpaired) electrons. The Morgan fingerprint density at radius 2 is 1.47 bits per heavy atom. The molecule has 3 nitrogen and oxygen atoms in total. The lowest BCUT2D eigenvalue weighted by Crippen LogP contribution is -2.48. The van der Waals surface area contributed by atoms with Crippen molar-refractivity contribution in [1.29, 1.82) is 0 Å². The van der Waals surface area contributed by atoms with Crippen LogP contribution in [0.5, 0.6) is 0 Å². The van der Waals surface area contributed by atoms with Gasteiger partial charge in [-0.25, -0.2) is 0 Å². The van der Waals surface area contributed by atoms with Gasteiger partial charge in [0.2, 0.25) is 0 Å². The Kier molecular flexibility index (Phi) is 2.40. The zero-order valence-corrected chi connectivity index (χ0v) is 11.6. The third-order valence-electron chi connectivity index (χ3n) is 6.38. The van der Waals surface area contributed by atoms with Gasteiger partial charge in [0, 0.05) is 18.8 Å². The first kappa shape index (κ1) is 11.5. The summed E-state index contributed by atoms with van der Waals surface area (Å²) in [6, 6.07) is 0. The van der Waals surface area contributed by atoms with Crippen LogP contribution in [0.1, 0.15) is 44.9 Å². The van der Waals surface area contributed by atoms with Gasteiger partial charge in [-0.15, -0.1) is 0 Å². The second-order valence-electron chi connectivity index (χ2n) is 7.58. The lowest BCUT2D eigenvalue weighted by Gasteiger charge is -2.44. The topological polar surface area (TPSA) is 31.0 Å². The molecule has 3 aliphatic carbocycles. The van der Waals surface area contributed by atoms with Crippen molar-refractivity contribution in [3.05, 3.63) is 0 Å². The van der Waals surface area contributed by atoms with Crippen LogP contribution in [-0.2, 0) is 14.2 Å². The zero-order valence-electron chi connectivity index (χ0n) is 11.6. The van der Waals surface area contributed by atoms with Crippen LogP contribution in [0.3, 0.4) is 0 Å². The van der Waals surface area contributed by atoms with Crippen molar-refractivity contribution in [2.45, 2.75) is 62.9 Å². The van der Waals surface area contributed by atoms with E-state index in [0.29, 0.717) is 18.1 Å². The third-order valence-corrected chi connectivity index (χ3v) is 6.38. The Bertz CT molecular complexity index is 374. The summed E-state index contributed by atoms with van der Waals surface area (Å²) in [5.74, 6) is 3.41. The summed E-state index contributed by atoms with van der Waals surface area (Å²) >= 11 is 0. The molecular formula is C16H24O3. The maximum atomic E-state index is 6.22. The molecule has 0 bridgehead atoms. The first-order chi connectivity index (χ1) is 9.31. The molecule has 0 amide bonds. The molecule has 5 rings (SSSR count). The Labute approximate surface area is 115 Å². The van der Waals surface area contributed by atoms with Gasteiger partial charge in [-0.05, 0) is 49.9 Å². The minimum absolute atomic E-state index is 0.273. The summed E-state index contributed by atoms with van der Waals surface area (Å²) in [7, 11) is 0. The minimum Gasteiger partial charge on any atom is -0.369 e. The highest BCUT2D eigenvalue weighted by Gasteiger charge is 2.54. The van der Waals surface area contributed by atoms with E-state index in [1.165, 1.54) is 25.7 Å². The Morgan fingerprint density at radius 1 is 0.737 bits per heavy atom. The van der Waals surface area contributed by atoms with E-state index in [-0.39, 0.29) is 5.79 Å². The first-order valence-corrected chi connectivity index (χ1v) is 8.25. The Balaban J connectivity index is 1.21. The van der Waals surface area contributed by atoms with E-state index in [4.69, 9.17) is 14.2 Å². The number of epoxide rings is 1. The molecule has 19 heavy (non-hydrogen) atoms. The summed E-state index contributed by atoms with van der Waals surface area (Å²) in [5, 5.41) is 0. The minimum atomic E-state index is -0.273. The molecule has 2 heterocycles. The molecule has 106 valence electrons. The maximum absolute atomic E-state index is 6.22. The van der Waals surface area contributed by atoms with Gasteiger partial charge < -0.3 is 14.2 Å². The van der Waals surface area contributed by atoms with Crippen LogP contribution >= 0.6 is 0 Å². The van der Waals surface area contributed by atoms with Crippen molar-refractivity contribution in [3.8, 4) is 0 Å². The summed E-state index contributed by atoms with van der Waals surface area (Å²) < 4.78 is 18.0. The molecule has 2 aliphatic heterocycles. The van der Waals surface area contributed by atoms with Gasteiger partial charge >= 0.3 is 0 Å². The molecule has 1 spiro atoms. The van der Waals surface area contributed by atoms with Crippen LogP contribution in [0.25, 0.3) is 0 Å². The second kappa shape index (κ2) is 3.96. The van der Waals surface area contributed by atoms with Gasteiger partial charge in [0.05, 0.1) is 25.4 Å². The van der Waals surface area contributed by atoms with Gasteiger partial charge in [-0.3, -0.25) is 0 Å². The van der Waals surface area contributed by atoms with Gasteiger partial charge in [0.1, 0.15) is 0 Å². The van der Waals surface area contributed by atoms with E-state index >= 15 is 0 Å². The molecule has 0 aromatic rings. The van der Waals surface area contributed by atoms with E-state index in [2.05, 4.69) is 0 Å². The van der Waals surface area contributed by atoms with Crippen LogP contribution in [-0.4, -0.2) is 31.2 Å². The molecule has 3 saturated carbocycles. The summed E-state index contributed by atoms with van der Waals surface area (Å²) in [4.78, 5) is 0. The number of hydrogen-bond acceptors (Lipinski definition) is 3. The lowest BCUT2D eigenvalue weighted by molar-refractivity contribution is -0.298. The van der Waals surface area contributed by atoms with Crippen molar-refractivity contribution in [2.24, 2.45) is 23.7 Å². The fourth-order valence-corrected chi connectivity index (χ4v) is 4.84. The fraction of sp³-hybridized carbons (Fsp3) is 1.00.